The van der Waals surface area contributed by atoms with Crippen molar-refractivity contribution in [3.05, 3.63) is 23.3 Å². The molecule has 0 unspecified atom stereocenters. The highest BCUT2D eigenvalue weighted by molar-refractivity contribution is 7.89. The Morgan fingerprint density at radius 3 is 2.83 bits per heavy atom. The Labute approximate surface area is 141 Å². The molecule has 132 valence electrons. The summed E-state index contributed by atoms with van der Waals surface area (Å²) >= 11 is 0. The maximum absolute atomic E-state index is 12.6. The summed E-state index contributed by atoms with van der Waals surface area (Å²) in [5.41, 5.74) is 1.58. The van der Waals surface area contributed by atoms with Crippen molar-refractivity contribution >= 4 is 10.0 Å². The van der Waals surface area contributed by atoms with E-state index in [2.05, 4.69) is 14.8 Å². The molecule has 2 aromatic rings. The van der Waals surface area contributed by atoms with Gasteiger partial charge in [-0.25, -0.2) is 22.8 Å². The van der Waals surface area contributed by atoms with Gasteiger partial charge in [0.2, 0.25) is 5.88 Å². The third-order valence-electron chi connectivity index (χ3n) is 4.30. The Kier molecular flexibility index (Phi) is 4.64. The lowest BCUT2D eigenvalue weighted by molar-refractivity contribution is 0.369. The van der Waals surface area contributed by atoms with Crippen molar-refractivity contribution in [3.63, 3.8) is 0 Å². The first-order valence-corrected chi connectivity index (χ1v) is 9.59. The van der Waals surface area contributed by atoms with Gasteiger partial charge < -0.3 is 9.30 Å². The monoisotopic (exact) mass is 353 g/mol. The lowest BCUT2D eigenvalue weighted by Gasteiger charge is -2.11. The maximum Gasteiger partial charge on any atom is 0.259 e. The number of hydrogen-bond donors (Lipinski definition) is 1. The first kappa shape index (κ1) is 17.0. The quantitative estimate of drug-likeness (QED) is 0.837. The van der Waals surface area contributed by atoms with Crippen molar-refractivity contribution in [2.45, 2.75) is 50.7 Å². The number of methoxy groups -OCH3 is 1. The van der Waals surface area contributed by atoms with Gasteiger partial charge in [0.15, 0.2) is 5.03 Å². The lowest BCUT2D eigenvalue weighted by atomic mass is 10.2. The van der Waals surface area contributed by atoms with E-state index < -0.39 is 10.0 Å². The van der Waals surface area contributed by atoms with E-state index in [0.29, 0.717) is 12.3 Å². The number of imidazole rings is 1. The average molecular weight is 353 g/mol. The zero-order chi connectivity index (χ0) is 17.3. The average Bonchev–Trinajstić information content (AvgIpc) is 3.13. The molecule has 0 fully saturated rings. The summed E-state index contributed by atoms with van der Waals surface area (Å²) in [5.74, 6) is 1.41. The molecule has 0 atom stereocenters. The fourth-order valence-corrected chi connectivity index (χ4v) is 4.05. The number of rotatable bonds is 6. The van der Waals surface area contributed by atoms with E-state index in [1.165, 1.54) is 0 Å². The Bertz CT molecular complexity index is 814. The van der Waals surface area contributed by atoms with Crippen LogP contribution in [0.1, 0.15) is 36.8 Å². The van der Waals surface area contributed by atoms with E-state index in [1.54, 1.807) is 25.0 Å². The largest absolute Gasteiger partial charge is 0.481 e. The molecule has 0 spiro atoms. The standard InChI is InChI=1S/C15H23N5O3S/c1-4-12-11(15(23-3)19(2)18-12)9-16-24(21,22)14-10-20-8-6-5-7-13(20)17-14/h10,16H,4-9H2,1-3H3. The molecule has 0 saturated carbocycles. The highest BCUT2D eigenvalue weighted by Gasteiger charge is 2.24. The Morgan fingerprint density at radius 2 is 2.17 bits per heavy atom. The van der Waals surface area contributed by atoms with Crippen LogP contribution < -0.4 is 9.46 Å². The first-order chi connectivity index (χ1) is 11.5. The molecule has 1 aliphatic heterocycles. The predicted molar refractivity (Wildman–Crippen MR) is 88.3 cm³/mol. The minimum absolute atomic E-state index is 0.0836. The van der Waals surface area contributed by atoms with Gasteiger partial charge >= 0.3 is 0 Å². The Balaban J connectivity index is 1.82. The van der Waals surface area contributed by atoms with Gasteiger partial charge in [0.1, 0.15) is 5.82 Å². The molecule has 8 nitrogen and oxygen atoms in total. The van der Waals surface area contributed by atoms with Crippen molar-refractivity contribution in [3.8, 4) is 5.88 Å². The van der Waals surface area contributed by atoms with Gasteiger partial charge in [-0.15, -0.1) is 0 Å². The highest BCUT2D eigenvalue weighted by Crippen LogP contribution is 2.23. The van der Waals surface area contributed by atoms with Crippen LogP contribution in [0.25, 0.3) is 0 Å². The van der Waals surface area contributed by atoms with Crippen molar-refractivity contribution in [2.75, 3.05) is 7.11 Å². The summed E-state index contributed by atoms with van der Waals surface area (Å²) in [7, 11) is -0.337. The molecule has 9 heteroatoms. The van der Waals surface area contributed by atoms with E-state index in [1.807, 2.05) is 11.5 Å². The van der Waals surface area contributed by atoms with Crippen LogP contribution >= 0.6 is 0 Å². The van der Waals surface area contributed by atoms with Gasteiger partial charge in [-0.05, 0) is 19.3 Å². The molecule has 3 heterocycles. The van der Waals surface area contributed by atoms with Crippen molar-refractivity contribution in [2.24, 2.45) is 7.05 Å². The van der Waals surface area contributed by atoms with E-state index in [9.17, 15) is 8.42 Å². The number of hydrogen-bond acceptors (Lipinski definition) is 5. The highest BCUT2D eigenvalue weighted by atomic mass is 32.2. The van der Waals surface area contributed by atoms with Crippen LogP contribution in [-0.4, -0.2) is 34.9 Å². The number of ether oxygens (including phenoxy) is 1. The molecule has 2 aromatic heterocycles. The van der Waals surface area contributed by atoms with Gasteiger partial charge in [-0.1, -0.05) is 6.92 Å². The molecule has 24 heavy (non-hydrogen) atoms. The smallest absolute Gasteiger partial charge is 0.259 e. The van der Waals surface area contributed by atoms with E-state index in [4.69, 9.17) is 4.74 Å². The van der Waals surface area contributed by atoms with Crippen LogP contribution in [0.4, 0.5) is 0 Å². The van der Waals surface area contributed by atoms with Crippen LogP contribution in [0.2, 0.25) is 0 Å². The van der Waals surface area contributed by atoms with Crippen molar-refractivity contribution in [1.82, 2.24) is 24.1 Å². The lowest BCUT2D eigenvalue weighted by Crippen LogP contribution is -2.24. The molecule has 0 bridgehead atoms. The SMILES string of the molecule is CCc1nn(C)c(OC)c1CNS(=O)(=O)c1cn2c(n1)CCCC2. The third-order valence-corrected chi connectivity index (χ3v) is 5.57. The van der Waals surface area contributed by atoms with Crippen LogP contribution in [0.15, 0.2) is 11.2 Å². The molecule has 3 rings (SSSR count). The molecular weight excluding hydrogens is 330 g/mol. The number of nitrogens with zero attached hydrogens (tertiary/aromatic N) is 4. The van der Waals surface area contributed by atoms with Crippen LogP contribution in [0.3, 0.4) is 0 Å². The molecule has 0 radical (unpaired) electrons. The van der Waals surface area contributed by atoms with Gasteiger partial charge in [0.05, 0.1) is 18.4 Å². The Morgan fingerprint density at radius 1 is 1.38 bits per heavy atom. The third kappa shape index (κ3) is 3.05. The van der Waals surface area contributed by atoms with Crippen molar-refractivity contribution < 1.29 is 13.2 Å². The first-order valence-electron chi connectivity index (χ1n) is 8.10. The molecule has 1 N–H and O–H groups in total. The number of sulfonamides is 1. The summed E-state index contributed by atoms with van der Waals surface area (Å²) in [6, 6.07) is 0. The second-order valence-electron chi connectivity index (χ2n) is 5.88. The molecule has 0 aromatic carbocycles. The predicted octanol–water partition coefficient (Wildman–Crippen LogP) is 1.00. The van der Waals surface area contributed by atoms with Gasteiger partial charge in [-0.3, -0.25) is 0 Å². The maximum atomic E-state index is 12.6. The molecule has 0 amide bonds. The molecule has 0 saturated heterocycles. The summed E-state index contributed by atoms with van der Waals surface area (Å²) in [6.45, 7) is 2.93. The number of aryl methyl sites for hydroxylation is 4. The summed E-state index contributed by atoms with van der Waals surface area (Å²) in [6.07, 6.45) is 5.26. The van der Waals surface area contributed by atoms with Crippen LogP contribution in [-0.2, 0) is 43.0 Å². The number of nitrogens with one attached hydrogen (secondary N) is 1. The van der Waals surface area contributed by atoms with E-state index in [-0.39, 0.29) is 11.6 Å². The zero-order valence-corrected chi connectivity index (χ0v) is 15.1. The fraction of sp³-hybridized carbons (Fsp3) is 0.600. The molecule has 1 aliphatic rings. The summed E-state index contributed by atoms with van der Waals surface area (Å²) in [5, 5.41) is 4.45. The van der Waals surface area contributed by atoms with E-state index >= 15 is 0 Å². The van der Waals surface area contributed by atoms with Crippen LogP contribution in [0, 0.1) is 0 Å². The zero-order valence-electron chi connectivity index (χ0n) is 14.2. The van der Waals surface area contributed by atoms with E-state index in [0.717, 1.165) is 42.9 Å². The normalized spacial score (nSPS) is 14.6. The second kappa shape index (κ2) is 6.56. The number of aromatic nitrogens is 4. The Hall–Kier alpha value is -1.87. The van der Waals surface area contributed by atoms with Gasteiger partial charge in [-0.2, -0.15) is 5.10 Å². The van der Waals surface area contributed by atoms with Crippen molar-refractivity contribution in [1.29, 1.82) is 0 Å². The minimum atomic E-state index is -3.67. The fourth-order valence-electron chi connectivity index (χ4n) is 3.08. The minimum Gasteiger partial charge on any atom is -0.481 e. The summed E-state index contributed by atoms with van der Waals surface area (Å²) < 4.78 is 36.7. The van der Waals surface area contributed by atoms with Gasteiger partial charge in [0, 0.05) is 32.8 Å². The molecule has 0 aliphatic carbocycles. The summed E-state index contributed by atoms with van der Waals surface area (Å²) in [4.78, 5) is 4.29. The topological polar surface area (TPSA) is 91.0 Å². The van der Waals surface area contributed by atoms with Crippen LogP contribution in [0.5, 0.6) is 5.88 Å². The van der Waals surface area contributed by atoms with Gasteiger partial charge in [0.25, 0.3) is 10.0 Å². The molecular formula is C15H23N5O3S. The second-order valence-corrected chi connectivity index (χ2v) is 7.60. The number of fused-ring (bicyclic) bond motifs is 1.